The summed E-state index contributed by atoms with van der Waals surface area (Å²) < 4.78 is 5.23. The smallest absolute Gasteiger partial charge is 0.373 e. The molecule has 1 aromatic rings. The maximum atomic E-state index is 11.8. The van der Waals surface area contributed by atoms with Crippen LogP contribution in [0.1, 0.15) is 30.6 Å². The molecule has 1 radical (unpaired) electrons. The van der Waals surface area contributed by atoms with Crippen molar-refractivity contribution in [2.75, 3.05) is 7.11 Å². The van der Waals surface area contributed by atoms with Gasteiger partial charge in [-0.25, -0.2) is 4.79 Å². The van der Waals surface area contributed by atoms with Crippen LogP contribution in [-0.2, 0) is 14.5 Å². The predicted octanol–water partition coefficient (Wildman–Crippen LogP) is 3.30. The number of carbonyl (C=O) groups excluding carboxylic acids is 1. The van der Waals surface area contributed by atoms with Gasteiger partial charge in [-0.15, -0.1) is 0 Å². The molecule has 1 aromatic carbocycles. The molecule has 0 N–H and O–H groups in total. The van der Waals surface area contributed by atoms with Crippen LogP contribution < -0.4 is 5.19 Å². The zero-order chi connectivity index (χ0) is 16.1. The first kappa shape index (κ1) is 17.9. The molecule has 0 unspecified atom stereocenters. The van der Waals surface area contributed by atoms with Crippen molar-refractivity contribution in [3.63, 3.8) is 0 Å². The third-order valence-electron chi connectivity index (χ3n) is 3.31. The zero-order valence-corrected chi connectivity index (χ0v) is 14.7. The van der Waals surface area contributed by atoms with Crippen molar-refractivity contribution in [1.82, 2.24) is 0 Å². The maximum Gasteiger partial charge on any atom is 0.373 e. The summed E-state index contributed by atoms with van der Waals surface area (Å²) in [7, 11) is 0.274. The van der Waals surface area contributed by atoms with Gasteiger partial charge in [0.25, 0.3) is 0 Å². The molecule has 0 aliphatic heterocycles. The highest BCUT2D eigenvalue weighted by Gasteiger charge is 2.19. The lowest BCUT2D eigenvalue weighted by Crippen LogP contribution is -2.37. The molecule has 1 rings (SSSR count). The van der Waals surface area contributed by atoms with Gasteiger partial charge in [0.05, 0.1) is 19.2 Å². The highest BCUT2D eigenvalue weighted by molar-refractivity contribution is 6.88. The van der Waals surface area contributed by atoms with E-state index in [2.05, 4.69) is 19.6 Å². The van der Waals surface area contributed by atoms with Gasteiger partial charge in [-0.3, -0.25) is 4.89 Å². The van der Waals surface area contributed by atoms with E-state index in [1.165, 1.54) is 11.8 Å². The molecule has 0 aromatic heterocycles. The summed E-state index contributed by atoms with van der Waals surface area (Å²) in [4.78, 5) is 21.4. The van der Waals surface area contributed by atoms with Crippen LogP contribution in [-0.4, -0.2) is 26.8 Å². The molecule has 0 atom stereocenters. The number of hydrogen-bond donors (Lipinski definition) is 0. The minimum Gasteiger partial charge on any atom is -0.379 e. The number of carbonyl (C=O) groups is 1. The lowest BCUT2D eigenvalue weighted by Gasteiger charge is -2.21. The average molecular weight is 309 g/mol. The molecule has 21 heavy (non-hydrogen) atoms. The van der Waals surface area contributed by atoms with Crippen LogP contribution in [0.25, 0.3) is 0 Å². The second-order valence-corrected chi connectivity index (χ2v) is 11.7. The van der Waals surface area contributed by atoms with Gasteiger partial charge in [-0.1, -0.05) is 37.0 Å². The normalized spacial score (nSPS) is 12.3. The fourth-order valence-corrected chi connectivity index (χ4v) is 2.72. The Morgan fingerprint density at radius 1 is 1.19 bits per heavy atom. The maximum absolute atomic E-state index is 11.8. The van der Waals surface area contributed by atoms with Crippen molar-refractivity contribution < 1.29 is 19.3 Å². The van der Waals surface area contributed by atoms with Gasteiger partial charge < -0.3 is 4.74 Å². The Bertz CT molecular complexity index is 460. The SMILES string of the molecule is COC(C)(C)C[CH]OOC(=O)c1ccc([Si](C)(C)C)cc1. The molecule has 0 bridgehead atoms. The molecular weight excluding hydrogens is 284 g/mol. The minimum atomic E-state index is -1.35. The van der Waals surface area contributed by atoms with E-state index in [-0.39, 0.29) is 5.60 Å². The summed E-state index contributed by atoms with van der Waals surface area (Å²) in [5.74, 6) is -0.497. The van der Waals surface area contributed by atoms with Gasteiger partial charge >= 0.3 is 5.97 Å². The first-order valence-corrected chi connectivity index (χ1v) is 10.5. The van der Waals surface area contributed by atoms with E-state index in [1.807, 2.05) is 26.0 Å². The molecule has 0 fully saturated rings. The molecule has 0 heterocycles. The molecule has 0 amide bonds. The minimum absolute atomic E-state index is 0.342. The zero-order valence-electron chi connectivity index (χ0n) is 13.7. The largest absolute Gasteiger partial charge is 0.379 e. The van der Waals surface area contributed by atoms with Crippen LogP contribution in [0.15, 0.2) is 24.3 Å². The van der Waals surface area contributed by atoms with Crippen molar-refractivity contribution in [3.8, 4) is 0 Å². The number of benzene rings is 1. The average Bonchev–Trinajstić information content (AvgIpc) is 2.42. The lowest BCUT2D eigenvalue weighted by atomic mass is 10.1. The Morgan fingerprint density at radius 3 is 2.24 bits per heavy atom. The number of hydrogen-bond acceptors (Lipinski definition) is 4. The molecule has 117 valence electrons. The van der Waals surface area contributed by atoms with E-state index in [1.54, 1.807) is 19.2 Å². The van der Waals surface area contributed by atoms with Crippen molar-refractivity contribution in [1.29, 1.82) is 0 Å². The summed E-state index contributed by atoms with van der Waals surface area (Å²) >= 11 is 0. The molecule has 4 nitrogen and oxygen atoms in total. The van der Waals surface area contributed by atoms with Crippen molar-refractivity contribution >= 4 is 19.2 Å². The summed E-state index contributed by atoms with van der Waals surface area (Å²) in [5.41, 5.74) is 0.141. The lowest BCUT2D eigenvalue weighted by molar-refractivity contribution is -0.218. The first-order chi connectivity index (χ1) is 9.65. The van der Waals surface area contributed by atoms with Crippen LogP contribution in [0.2, 0.25) is 19.6 Å². The molecular formula is C16H25O4Si. The van der Waals surface area contributed by atoms with Crippen molar-refractivity contribution in [3.05, 3.63) is 36.4 Å². The fourth-order valence-electron chi connectivity index (χ4n) is 1.55. The summed E-state index contributed by atoms with van der Waals surface area (Å²) in [5, 5.41) is 1.30. The van der Waals surface area contributed by atoms with E-state index >= 15 is 0 Å². The summed E-state index contributed by atoms with van der Waals surface area (Å²) in [6.07, 6.45) is 0.519. The second kappa shape index (κ2) is 7.20. The van der Waals surface area contributed by atoms with Crippen LogP contribution in [0.3, 0.4) is 0 Å². The van der Waals surface area contributed by atoms with Crippen LogP contribution >= 0.6 is 0 Å². The first-order valence-electron chi connectivity index (χ1n) is 7.01. The Morgan fingerprint density at radius 2 is 1.76 bits per heavy atom. The molecule has 0 saturated heterocycles. The fraction of sp³-hybridized carbons (Fsp3) is 0.500. The van der Waals surface area contributed by atoms with E-state index in [4.69, 9.17) is 14.5 Å². The summed E-state index contributed by atoms with van der Waals surface area (Å²) in [6, 6.07) is 7.53. The summed E-state index contributed by atoms with van der Waals surface area (Å²) in [6.45, 7) is 12.0. The van der Waals surface area contributed by atoms with Crippen LogP contribution in [0.5, 0.6) is 0 Å². The number of ether oxygens (including phenoxy) is 1. The van der Waals surface area contributed by atoms with Gasteiger partial charge in [0.2, 0.25) is 0 Å². The number of methoxy groups -OCH3 is 1. The Labute approximate surface area is 128 Å². The van der Waals surface area contributed by atoms with Crippen molar-refractivity contribution in [2.45, 2.75) is 45.5 Å². The van der Waals surface area contributed by atoms with E-state index in [0.29, 0.717) is 12.0 Å². The Balaban J connectivity index is 2.46. The molecule has 5 heteroatoms. The second-order valence-electron chi connectivity index (χ2n) is 6.63. The third-order valence-corrected chi connectivity index (χ3v) is 5.37. The van der Waals surface area contributed by atoms with Gasteiger partial charge in [-0.2, -0.15) is 4.89 Å². The number of rotatable bonds is 7. The molecule has 0 aliphatic rings. The highest BCUT2D eigenvalue weighted by Crippen LogP contribution is 2.15. The highest BCUT2D eigenvalue weighted by atomic mass is 28.3. The Kier molecular flexibility index (Phi) is 6.13. The standard InChI is InChI=1S/C16H25O4Si/c1-16(2,18-3)11-12-19-20-15(17)13-7-9-14(10-8-13)21(4,5)6/h7-10,12H,11H2,1-6H3. The molecule has 0 saturated carbocycles. The van der Waals surface area contributed by atoms with Gasteiger partial charge in [0, 0.05) is 13.5 Å². The van der Waals surface area contributed by atoms with E-state index in [9.17, 15) is 4.79 Å². The quantitative estimate of drug-likeness (QED) is 0.335. The van der Waals surface area contributed by atoms with Crippen LogP contribution in [0.4, 0.5) is 0 Å². The monoisotopic (exact) mass is 309 g/mol. The molecule has 0 aliphatic carbocycles. The van der Waals surface area contributed by atoms with Crippen LogP contribution in [0, 0.1) is 6.61 Å². The van der Waals surface area contributed by atoms with Gasteiger partial charge in [0.1, 0.15) is 6.61 Å². The van der Waals surface area contributed by atoms with Gasteiger partial charge in [0.15, 0.2) is 0 Å². The Hall–Kier alpha value is -1.17. The topological polar surface area (TPSA) is 44.8 Å². The third kappa shape index (κ3) is 5.99. The van der Waals surface area contributed by atoms with Gasteiger partial charge in [-0.05, 0) is 26.0 Å². The van der Waals surface area contributed by atoms with E-state index in [0.717, 1.165) is 0 Å². The predicted molar refractivity (Wildman–Crippen MR) is 85.9 cm³/mol. The van der Waals surface area contributed by atoms with E-state index < -0.39 is 14.0 Å². The molecule has 0 spiro atoms. The van der Waals surface area contributed by atoms with Crippen molar-refractivity contribution in [2.24, 2.45) is 0 Å².